The Labute approximate surface area is 181 Å². The Morgan fingerprint density at radius 2 is 2.00 bits per heavy atom. The Kier molecular flexibility index (Phi) is 6.57. The number of nitrogens with one attached hydrogen (secondary N) is 1. The molecule has 1 saturated heterocycles. The molecule has 1 unspecified atom stereocenters. The zero-order valence-electron chi connectivity index (χ0n) is 17.8. The van der Waals surface area contributed by atoms with Crippen LogP contribution < -0.4 is 10.1 Å². The number of amides is 1. The Bertz CT molecular complexity index is 999. The lowest BCUT2D eigenvalue weighted by Gasteiger charge is -2.34. The summed E-state index contributed by atoms with van der Waals surface area (Å²) in [5, 5.41) is 7.08. The van der Waals surface area contributed by atoms with Crippen molar-refractivity contribution in [1.29, 1.82) is 0 Å². The third-order valence-corrected chi connectivity index (χ3v) is 5.59. The van der Waals surface area contributed by atoms with Gasteiger partial charge in [0.05, 0.1) is 18.3 Å². The molecule has 0 aliphatic carbocycles. The lowest BCUT2D eigenvalue weighted by Crippen LogP contribution is -2.45. The fourth-order valence-corrected chi connectivity index (χ4v) is 3.79. The first-order valence-corrected chi connectivity index (χ1v) is 10.7. The zero-order chi connectivity index (χ0) is 21.6. The molecule has 3 aromatic rings. The van der Waals surface area contributed by atoms with Gasteiger partial charge < -0.3 is 14.6 Å². The number of anilines is 1. The number of hydrogen-bond acceptors (Lipinski definition) is 7. The predicted molar refractivity (Wildman–Crippen MR) is 117 cm³/mol. The van der Waals surface area contributed by atoms with Crippen LogP contribution in [0.2, 0.25) is 0 Å². The fraction of sp³-hybridized carbons (Fsp3) is 0.391. The second-order valence-electron chi connectivity index (χ2n) is 7.58. The van der Waals surface area contributed by atoms with E-state index in [0.717, 1.165) is 25.9 Å². The van der Waals surface area contributed by atoms with Crippen LogP contribution in [0.3, 0.4) is 0 Å². The molecule has 1 N–H and O–H groups in total. The summed E-state index contributed by atoms with van der Waals surface area (Å²) in [4.78, 5) is 23.8. The highest BCUT2D eigenvalue weighted by molar-refractivity contribution is 5.95. The molecule has 0 bridgehead atoms. The molecule has 1 fully saturated rings. The maximum Gasteiger partial charge on any atom is 0.241 e. The van der Waals surface area contributed by atoms with E-state index in [1.807, 2.05) is 56.3 Å². The first kappa shape index (κ1) is 21.0. The molecule has 1 atom stereocenters. The van der Waals surface area contributed by atoms with Gasteiger partial charge in [-0.25, -0.2) is 0 Å². The first-order chi connectivity index (χ1) is 15.2. The van der Waals surface area contributed by atoms with Crippen LogP contribution >= 0.6 is 0 Å². The second kappa shape index (κ2) is 9.70. The molecule has 1 amide bonds. The summed E-state index contributed by atoms with van der Waals surface area (Å²) >= 11 is 0. The van der Waals surface area contributed by atoms with Crippen LogP contribution in [0.1, 0.15) is 38.5 Å². The minimum atomic E-state index is -0.248. The van der Waals surface area contributed by atoms with Gasteiger partial charge in [-0.2, -0.15) is 4.98 Å². The molecule has 3 heterocycles. The maximum atomic E-state index is 12.8. The summed E-state index contributed by atoms with van der Waals surface area (Å²) < 4.78 is 11.1. The number of para-hydroxylation sites is 2. The van der Waals surface area contributed by atoms with Crippen molar-refractivity contribution in [2.75, 3.05) is 25.0 Å². The number of pyridine rings is 1. The Hall–Kier alpha value is -3.26. The van der Waals surface area contributed by atoms with Gasteiger partial charge in [-0.05, 0) is 64.0 Å². The summed E-state index contributed by atoms with van der Waals surface area (Å²) in [5.74, 6) is 1.99. The van der Waals surface area contributed by atoms with Crippen molar-refractivity contribution in [3.63, 3.8) is 0 Å². The third-order valence-electron chi connectivity index (χ3n) is 5.59. The first-order valence-electron chi connectivity index (χ1n) is 10.7. The van der Waals surface area contributed by atoms with E-state index < -0.39 is 0 Å². The molecule has 1 aliphatic rings. The Morgan fingerprint density at radius 1 is 1.23 bits per heavy atom. The smallest absolute Gasteiger partial charge is 0.241 e. The number of hydrogen-bond donors (Lipinski definition) is 1. The van der Waals surface area contributed by atoms with Crippen molar-refractivity contribution in [3.8, 4) is 17.3 Å². The standard InChI is InChI=1S/C23H27N5O3/c1-3-30-20-10-5-4-8-18(20)25-22(29)16(2)28-14-11-17(12-15-28)23-26-21(27-31-23)19-9-6-7-13-24-19/h4-10,13,16-17H,3,11-12,14-15H2,1-2H3,(H,25,29). The summed E-state index contributed by atoms with van der Waals surface area (Å²) in [6.07, 6.45) is 3.43. The van der Waals surface area contributed by atoms with Crippen molar-refractivity contribution in [3.05, 3.63) is 54.6 Å². The number of benzene rings is 1. The van der Waals surface area contributed by atoms with Crippen LogP contribution in [-0.4, -0.2) is 51.7 Å². The predicted octanol–water partition coefficient (Wildman–Crippen LogP) is 3.74. The molecule has 4 rings (SSSR count). The van der Waals surface area contributed by atoms with Crippen molar-refractivity contribution in [2.24, 2.45) is 0 Å². The summed E-state index contributed by atoms with van der Waals surface area (Å²) in [7, 11) is 0. The minimum absolute atomic E-state index is 0.0409. The Morgan fingerprint density at radius 3 is 2.74 bits per heavy atom. The number of ether oxygens (including phenoxy) is 1. The molecule has 162 valence electrons. The molecule has 31 heavy (non-hydrogen) atoms. The van der Waals surface area contributed by atoms with E-state index in [1.54, 1.807) is 6.20 Å². The lowest BCUT2D eigenvalue weighted by atomic mass is 9.95. The van der Waals surface area contributed by atoms with Crippen LogP contribution in [0, 0.1) is 0 Å². The maximum absolute atomic E-state index is 12.8. The minimum Gasteiger partial charge on any atom is -0.492 e. The van der Waals surface area contributed by atoms with E-state index in [4.69, 9.17) is 9.26 Å². The van der Waals surface area contributed by atoms with E-state index in [9.17, 15) is 4.79 Å². The molecular weight excluding hydrogens is 394 g/mol. The third kappa shape index (κ3) is 4.91. The SMILES string of the molecule is CCOc1ccccc1NC(=O)C(C)N1CCC(c2nc(-c3ccccn3)no2)CC1. The van der Waals surface area contributed by atoms with Crippen LogP contribution in [0.4, 0.5) is 5.69 Å². The highest BCUT2D eigenvalue weighted by Crippen LogP contribution is 2.29. The number of likely N-dealkylation sites (tertiary alicyclic amines) is 1. The van der Waals surface area contributed by atoms with Crippen molar-refractivity contribution in [2.45, 2.75) is 38.6 Å². The lowest BCUT2D eigenvalue weighted by molar-refractivity contribution is -0.121. The molecule has 8 heteroatoms. The van der Waals surface area contributed by atoms with E-state index in [2.05, 4.69) is 25.3 Å². The molecule has 1 aromatic carbocycles. The van der Waals surface area contributed by atoms with Crippen molar-refractivity contribution < 1.29 is 14.1 Å². The molecule has 0 radical (unpaired) electrons. The Balaban J connectivity index is 1.33. The number of carbonyl (C=O) groups excluding carboxylic acids is 1. The largest absolute Gasteiger partial charge is 0.492 e. The van der Waals surface area contributed by atoms with Gasteiger partial charge in [0.1, 0.15) is 11.4 Å². The summed E-state index contributed by atoms with van der Waals surface area (Å²) in [5.41, 5.74) is 1.40. The average molecular weight is 422 g/mol. The van der Waals surface area contributed by atoms with Gasteiger partial charge in [0.25, 0.3) is 0 Å². The zero-order valence-corrected chi connectivity index (χ0v) is 17.8. The van der Waals surface area contributed by atoms with E-state index in [0.29, 0.717) is 35.5 Å². The molecule has 0 saturated carbocycles. The molecule has 2 aromatic heterocycles. The van der Waals surface area contributed by atoms with E-state index in [1.165, 1.54) is 0 Å². The number of aromatic nitrogens is 3. The van der Waals surface area contributed by atoms with Gasteiger partial charge in [-0.3, -0.25) is 14.7 Å². The van der Waals surface area contributed by atoms with Crippen LogP contribution in [0.25, 0.3) is 11.5 Å². The number of nitrogens with zero attached hydrogens (tertiary/aromatic N) is 4. The molecule has 8 nitrogen and oxygen atoms in total. The molecule has 0 spiro atoms. The van der Waals surface area contributed by atoms with Crippen molar-refractivity contribution >= 4 is 11.6 Å². The van der Waals surface area contributed by atoms with Gasteiger partial charge in [-0.15, -0.1) is 0 Å². The topological polar surface area (TPSA) is 93.4 Å². The van der Waals surface area contributed by atoms with Gasteiger partial charge in [0, 0.05) is 12.1 Å². The number of carbonyl (C=O) groups is 1. The molecule has 1 aliphatic heterocycles. The van der Waals surface area contributed by atoms with Crippen LogP contribution in [0.5, 0.6) is 5.75 Å². The van der Waals surface area contributed by atoms with Crippen LogP contribution in [0.15, 0.2) is 53.2 Å². The normalized spacial score (nSPS) is 16.1. The van der Waals surface area contributed by atoms with Gasteiger partial charge >= 0.3 is 0 Å². The highest BCUT2D eigenvalue weighted by atomic mass is 16.5. The fourth-order valence-electron chi connectivity index (χ4n) is 3.79. The van der Waals surface area contributed by atoms with E-state index in [-0.39, 0.29) is 17.9 Å². The second-order valence-corrected chi connectivity index (χ2v) is 7.58. The van der Waals surface area contributed by atoms with Gasteiger partial charge in [-0.1, -0.05) is 23.4 Å². The van der Waals surface area contributed by atoms with E-state index >= 15 is 0 Å². The number of rotatable bonds is 7. The highest BCUT2D eigenvalue weighted by Gasteiger charge is 2.30. The molecular formula is C23H27N5O3. The van der Waals surface area contributed by atoms with Crippen LogP contribution in [-0.2, 0) is 4.79 Å². The quantitative estimate of drug-likeness (QED) is 0.621. The number of piperidine rings is 1. The van der Waals surface area contributed by atoms with Crippen molar-refractivity contribution in [1.82, 2.24) is 20.0 Å². The average Bonchev–Trinajstić information content (AvgIpc) is 3.31. The monoisotopic (exact) mass is 421 g/mol. The summed E-state index contributed by atoms with van der Waals surface area (Å²) in [6, 6.07) is 12.9. The van der Waals surface area contributed by atoms with Gasteiger partial charge in [0.15, 0.2) is 0 Å². The summed E-state index contributed by atoms with van der Waals surface area (Å²) in [6.45, 7) is 5.98. The van der Waals surface area contributed by atoms with Gasteiger partial charge in [0.2, 0.25) is 17.6 Å².